The smallest absolute Gasteiger partial charge is 0.189 e. The highest BCUT2D eigenvalue weighted by Gasteiger charge is 2.02. The minimum atomic E-state index is 0.0519. The van der Waals surface area contributed by atoms with E-state index in [1.807, 2.05) is 18.2 Å². The van der Waals surface area contributed by atoms with E-state index in [0.717, 1.165) is 23.0 Å². The van der Waals surface area contributed by atoms with Crippen LogP contribution in [0.1, 0.15) is 18.2 Å². The highest BCUT2D eigenvalue weighted by Crippen LogP contribution is 2.12. The van der Waals surface area contributed by atoms with Crippen LogP contribution in [-0.2, 0) is 17.8 Å². The molecule has 0 aliphatic carbocycles. The standard InChI is InChI=1S/C13H15NO2/c1-3-9-4-5-12-11(6-9)13(15)7-10(14-12)8-16-2/h4-7H,3,8H2,1-2H3,(H,14,15). The number of aromatic amines is 1. The topological polar surface area (TPSA) is 42.1 Å². The molecule has 0 aliphatic rings. The lowest BCUT2D eigenvalue weighted by molar-refractivity contribution is 0.181. The first-order chi connectivity index (χ1) is 7.74. The number of H-pyrrole nitrogens is 1. The molecular weight excluding hydrogens is 202 g/mol. The Morgan fingerprint density at radius 3 is 2.81 bits per heavy atom. The molecule has 0 radical (unpaired) electrons. The fraction of sp³-hybridized carbons (Fsp3) is 0.308. The molecule has 2 rings (SSSR count). The van der Waals surface area contributed by atoms with Crippen LogP contribution < -0.4 is 5.43 Å². The summed E-state index contributed by atoms with van der Waals surface area (Å²) in [6.07, 6.45) is 0.940. The molecule has 0 unspecified atom stereocenters. The lowest BCUT2D eigenvalue weighted by Gasteiger charge is -2.04. The summed E-state index contributed by atoms with van der Waals surface area (Å²) in [5, 5.41) is 0.749. The Kier molecular flexibility index (Phi) is 3.06. The predicted molar refractivity (Wildman–Crippen MR) is 64.7 cm³/mol. The van der Waals surface area contributed by atoms with Crippen LogP contribution in [0.4, 0.5) is 0 Å². The molecule has 0 saturated heterocycles. The van der Waals surface area contributed by atoms with E-state index in [2.05, 4.69) is 11.9 Å². The first-order valence-electron chi connectivity index (χ1n) is 5.38. The molecule has 0 spiro atoms. The largest absolute Gasteiger partial charge is 0.378 e. The van der Waals surface area contributed by atoms with Gasteiger partial charge in [-0.2, -0.15) is 0 Å². The highest BCUT2D eigenvalue weighted by atomic mass is 16.5. The zero-order valence-corrected chi connectivity index (χ0v) is 9.54. The zero-order chi connectivity index (χ0) is 11.5. The summed E-state index contributed by atoms with van der Waals surface area (Å²) in [4.78, 5) is 15.1. The van der Waals surface area contributed by atoms with Crippen LogP contribution in [0.3, 0.4) is 0 Å². The van der Waals surface area contributed by atoms with Crippen molar-refractivity contribution < 1.29 is 4.74 Å². The monoisotopic (exact) mass is 217 g/mol. The van der Waals surface area contributed by atoms with Gasteiger partial charge in [-0.1, -0.05) is 13.0 Å². The van der Waals surface area contributed by atoms with Crippen molar-refractivity contribution in [3.8, 4) is 0 Å². The summed E-state index contributed by atoms with van der Waals surface area (Å²) in [5.74, 6) is 0. The summed E-state index contributed by atoms with van der Waals surface area (Å²) in [6, 6.07) is 7.54. The van der Waals surface area contributed by atoms with Crippen molar-refractivity contribution in [1.29, 1.82) is 0 Å². The highest BCUT2D eigenvalue weighted by molar-refractivity contribution is 5.79. The van der Waals surface area contributed by atoms with Gasteiger partial charge in [-0.15, -0.1) is 0 Å². The number of aryl methyl sites for hydroxylation is 1. The second-order valence-corrected chi connectivity index (χ2v) is 3.83. The summed E-state index contributed by atoms with van der Waals surface area (Å²) < 4.78 is 5.01. The van der Waals surface area contributed by atoms with Gasteiger partial charge in [0.25, 0.3) is 0 Å². The number of pyridine rings is 1. The first kappa shape index (κ1) is 10.9. The van der Waals surface area contributed by atoms with Crippen molar-refractivity contribution in [2.75, 3.05) is 7.11 Å². The van der Waals surface area contributed by atoms with E-state index in [9.17, 15) is 4.79 Å². The van der Waals surface area contributed by atoms with Crippen molar-refractivity contribution in [3.05, 3.63) is 45.7 Å². The fourth-order valence-corrected chi connectivity index (χ4v) is 1.80. The third kappa shape index (κ3) is 1.99. The SMILES string of the molecule is CCc1ccc2[nH]c(COC)cc(=O)c2c1. The van der Waals surface area contributed by atoms with Gasteiger partial charge in [0.15, 0.2) is 5.43 Å². The molecule has 1 N–H and O–H groups in total. The number of methoxy groups -OCH3 is 1. The number of hydrogen-bond donors (Lipinski definition) is 1. The van der Waals surface area contributed by atoms with Gasteiger partial charge in [0, 0.05) is 29.8 Å². The van der Waals surface area contributed by atoms with Crippen molar-refractivity contribution >= 4 is 10.9 Å². The fourth-order valence-electron chi connectivity index (χ4n) is 1.80. The summed E-state index contributed by atoms with van der Waals surface area (Å²) in [7, 11) is 1.61. The van der Waals surface area contributed by atoms with Gasteiger partial charge >= 0.3 is 0 Å². The quantitative estimate of drug-likeness (QED) is 0.856. The number of ether oxygens (including phenoxy) is 1. The molecule has 0 atom stereocenters. The maximum absolute atomic E-state index is 11.9. The maximum atomic E-state index is 11.9. The molecule has 0 saturated carbocycles. The van der Waals surface area contributed by atoms with E-state index >= 15 is 0 Å². The summed E-state index contributed by atoms with van der Waals surface area (Å²) in [6.45, 7) is 2.51. The third-order valence-electron chi connectivity index (χ3n) is 2.66. The molecule has 0 fully saturated rings. The second-order valence-electron chi connectivity index (χ2n) is 3.83. The van der Waals surface area contributed by atoms with E-state index in [0.29, 0.717) is 6.61 Å². The molecule has 0 amide bonds. The van der Waals surface area contributed by atoms with E-state index in [4.69, 9.17) is 4.74 Å². The van der Waals surface area contributed by atoms with E-state index in [1.54, 1.807) is 13.2 Å². The molecule has 84 valence electrons. The Morgan fingerprint density at radius 2 is 2.12 bits per heavy atom. The average molecular weight is 217 g/mol. The number of benzene rings is 1. The Morgan fingerprint density at radius 1 is 1.31 bits per heavy atom. The van der Waals surface area contributed by atoms with Gasteiger partial charge < -0.3 is 9.72 Å². The number of nitrogens with one attached hydrogen (secondary N) is 1. The third-order valence-corrected chi connectivity index (χ3v) is 2.66. The van der Waals surface area contributed by atoms with Crippen molar-refractivity contribution in [3.63, 3.8) is 0 Å². The molecule has 16 heavy (non-hydrogen) atoms. The van der Waals surface area contributed by atoms with Gasteiger partial charge in [-0.05, 0) is 24.1 Å². The average Bonchev–Trinajstić information content (AvgIpc) is 2.29. The van der Waals surface area contributed by atoms with E-state index in [1.165, 1.54) is 5.56 Å². The van der Waals surface area contributed by atoms with Crippen LogP contribution in [0, 0.1) is 0 Å². The molecular formula is C13H15NO2. The Bertz CT molecular complexity index is 557. The normalized spacial score (nSPS) is 10.9. The maximum Gasteiger partial charge on any atom is 0.189 e. The summed E-state index contributed by atoms with van der Waals surface area (Å²) in [5.41, 5.74) is 2.91. The number of rotatable bonds is 3. The Labute approximate surface area is 94.1 Å². The molecule has 2 aromatic rings. The van der Waals surface area contributed by atoms with Crippen molar-refractivity contribution in [2.24, 2.45) is 0 Å². The number of fused-ring (bicyclic) bond motifs is 1. The Hall–Kier alpha value is -1.61. The molecule has 0 aliphatic heterocycles. The van der Waals surface area contributed by atoms with Crippen LogP contribution >= 0.6 is 0 Å². The van der Waals surface area contributed by atoms with Gasteiger partial charge in [-0.25, -0.2) is 0 Å². The molecule has 1 aromatic heterocycles. The molecule has 0 bridgehead atoms. The predicted octanol–water partition coefficient (Wildman–Crippen LogP) is 2.24. The van der Waals surface area contributed by atoms with Crippen LogP contribution in [0.2, 0.25) is 0 Å². The van der Waals surface area contributed by atoms with Crippen LogP contribution in [0.25, 0.3) is 10.9 Å². The Balaban J connectivity index is 2.62. The lowest BCUT2D eigenvalue weighted by Crippen LogP contribution is -2.06. The van der Waals surface area contributed by atoms with Crippen LogP contribution in [0.15, 0.2) is 29.1 Å². The first-order valence-corrected chi connectivity index (χ1v) is 5.38. The lowest BCUT2D eigenvalue weighted by atomic mass is 10.1. The molecule has 1 heterocycles. The van der Waals surface area contributed by atoms with Crippen molar-refractivity contribution in [2.45, 2.75) is 20.0 Å². The molecule has 3 nitrogen and oxygen atoms in total. The zero-order valence-electron chi connectivity index (χ0n) is 9.54. The van der Waals surface area contributed by atoms with Gasteiger partial charge in [0.2, 0.25) is 0 Å². The van der Waals surface area contributed by atoms with E-state index < -0.39 is 0 Å². The minimum Gasteiger partial charge on any atom is -0.378 e. The van der Waals surface area contributed by atoms with Crippen LogP contribution in [-0.4, -0.2) is 12.1 Å². The molecule has 1 aromatic carbocycles. The minimum absolute atomic E-state index is 0.0519. The van der Waals surface area contributed by atoms with E-state index in [-0.39, 0.29) is 5.43 Å². The van der Waals surface area contributed by atoms with Gasteiger partial charge in [-0.3, -0.25) is 4.79 Å². The van der Waals surface area contributed by atoms with Gasteiger partial charge in [0.05, 0.1) is 6.61 Å². The van der Waals surface area contributed by atoms with Gasteiger partial charge in [0.1, 0.15) is 0 Å². The second kappa shape index (κ2) is 4.49. The summed E-state index contributed by atoms with van der Waals surface area (Å²) >= 11 is 0. The number of hydrogen-bond acceptors (Lipinski definition) is 2. The number of aromatic nitrogens is 1. The van der Waals surface area contributed by atoms with Crippen molar-refractivity contribution in [1.82, 2.24) is 4.98 Å². The molecule has 3 heteroatoms. The van der Waals surface area contributed by atoms with Crippen LogP contribution in [0.5, 0.6) is 0 Å².